The van der Waals surface area contributed by atoms with Crippen molar-refractivity contribution in [3.8, 4) is 11.4 Å². The minimum Gasteiger partial charge on any atom is -0.493 e. The number of aliphatic hydroxyl groups excluding tert-OH is 1. The zero-order chi connectivity index (χ0) is 23.8. The Morgan fingerprint density at radius 3 is 2.74 bits per heavy atom. The molecule has 1 aliphatic heterocycles. The van der Waals surface area contributed by atoms with Crippen molar-refractivity contribution in [3.63, 3.8) is 0 Å². The van der Waals surface area contributed by atoms with Crippen LogP contribution in [0.3, 0.4) is 0 Å². The topological polar surface area (TPSA) is 84.7 Å². The van der Waals surface area contributed by atoms with Gasteiger partial charge in [-0.1, -0.05) is 22.0 Å². The summed E-state index contributed by atoms with van der Waals surface area (Å²) in [6.45, 7) is 1.80. The number of aromatic nitrogens is 2. The van der Waals surface area contributed by atoms with Gasteiger partial charge in [-0.05, 0) is 35.9 Å². The molecule has 8 heteroatoms. The number of aliphatic hydroxyl groups is 1. The number of nitrogens with zero attached hydrogens (tertiary/aromatic N) is 3. The molecule has 0 saturated heterocycles. The molecule has 0 unspecified atom stereocenters. The largest absolute Gasteiger partial charge is 0.493 e. The molecule has 3 heterocycles. The lowest BCUT2D eigenvalue weighted by molar-refractivity contribution is -0.115. The van der Waals surface area contributed by atoms with Gasteiger partial charge in [-0.15, -0.1) is 0 Å². The Morgan fingerprint density at radius 1 is 1.15 bits per heavy atom. The monoisotopic (exact) mass is 519 g/mol. The van der Waals surface area contributed by atoms with E-state index in [1.54, 1.807) is 29.4 Å². The average molecular weight is 520 g/mol. The maximum atomic E-state index is 13.7. The fraction of sp³-hybridized carbons (Fsp3) is 0.192. The first-order valence-electron chi connectivity index (χ1n) is 10.9. The summed E-state index contributed by atoms with van der Waals surface area (Å²) in [6.07, 6.45) is 6.20. The van der Waals surface area contributed by atoms with Gasteiger partial charge in [0.25, 0.3) is 0 Å². The van der Waals surface area contributed by atoms with Crippen LogP contribution in [-0.4, -0.2) is 33.8 Å². The molecular formula is C26H22BrN3O4. The van der Waals surface area contributed by atoms with E-state index in [4.69, 9.17) is 9.84 Å². The lowest BCUT2D eigenvalue weighted by Crippen LogP contribution is -2.29. The lowest BCUT2D eigenvalue weighted by Gasteiger charge is -2.33. The van der Waals surface area contributed by atoms with Crippen LogP contribution in [0, 0.1) is 0 Å². The van der Waals surface area contributed by atoms with E-state index in [2.05, 4.69) is 20.9 Å². The van der Waals surface area contributed by atoms with Gasteiger partial charge in [0.05, 0.1) is 34.6 Å². The van der Waals surface area contributed by atoms with Crippen molar-refractivity contribution in [2.45, 2.75) is 19.8 Å². The third kappa shape index (κ3) is 3.89. The van der Waals surface area contributed by atoms with Crippen LogP contribution in [0.15, 0.2) is 70.3 Å². The Bertz CT molecular complexity index is 1470. The van der Waals surface area contributed by atoms with Gasteiger partial charge in [-0.25, -0.2) is 0 Å². The molecule has 0 radical (unpaired) electrons. The molecule has 1 aliphatic rings. The third-order valence-corrected chi connectivity index (χ3v) is 6.30. The minimum absolute atomic E-state index is 0.00345. The van der Waals surface area contributed by atoms with Gasteiger partial charge in [-0.3, -0.25) is 19.5 Å². The molecule has 34 heavy (non-hydrogen) atoms. The number of rotatable bonds is 6. The maximum Gasteiger partial charge on any atom is 0.228 e. The first-order valence-corrected chi connectivity index (χ1v) is 11.7. The van der Waals surface area contributed by atoms with Crippen molar-refractivity contribution in [2.24, 2.45) is 0 Å². The molecule has 0 spiro atoms. The summed E-state index contributed by atoms with van der Waals surface area (Å²) >= 11 is 3.52. The van der Waals surface area contributed by atoms with Crippen LogP contribution >= 0.6 is 15.9 Å². The van der Waals surface area contributed by atoms with Crippen molar-refractivity contribution < 1.29 is 14.6 Å². The van der Waals surface area contributed by atoms with Crippen LogP contribution in [-0.2, 0) is 11.2 Å². The van der Waals surface area contributed by atoms with Crippen molar-refractivity contribution in [2.75, 3.05) is 18.1 Å². The minimum atomic E-state index is -0.175. The van der Waals surface area contributed by atoms with Crippen LogP contribution in [0.5, 0.6) is 5.75 Å². The molecule has 0 bridgehead atoms. The molecule has 0 aliphatic carbocycles. The summed E-state index contributed by atoms with van der Waals surface area (Å²) in [4.78, 5) is 32.3. The molecule has 7 nitrogen and oxygen atoms in total. The normalized spacial score (nSPS) is 12.0. The summed E-state index contributed by atoms with van der Waals surface area (Å²) in [5, 5.41) is 9.61. The van der Waals surface area contributed by atoms with Gasteiger partial charge in [-0.2, -0.15) is 0 Å². The highest BCUT2D eigenvalue weighted by Gasteiger charge is 2.29. The highest BCUT2D eigenvalue weighted by molar-refractivity contribution is 9.10. The average Bonchev–Trinajstić information content (AvgIpc) is 2.82. The second kappa shape index (κ2) is 9.04. The molecule has 2 aromatic carbocycles. The standard InChI is InChI=1S/C26H22BrN3O4/c1-16(32)30-23-11-19(27)5-6-22(23)29-15-18(10-17-4-2-7-28-14-17)26(33)21-12-20(34-9-3-8-31)13-24(30)25(21)29/h2,4-7,11-15,31H,3,8-10H2,1H3. The van der Waals surface area contributed by atoms with E-state index in [0.29, 0.717) is 53.0 Å². The Balaban J connectivity index is 1.81. The van der Waals surface area contributed by atoms with Gasteiger partial charge in [0.1, 0.15) is 5.75 Å². The number of ether oxygens (including phenoxy) is 1. The van der Waals surface area contributed by atoms with Crippen molar-refractivity contribution in [3.05, 3.63) is 86.9 Å². The van der Waals surface area contributed by atoms with E-state index >= 15 is 0 Å². The fourth-order valence-corrected chi connectivity index (χ4v) is 4.72. The van der Waals surface area contributed by atoms with E-state index in [9.17, 15) is 9.59 Å². The number of pyridine rings is 2. The Labute approximate surface area is 204 Å². The van der Waals surface area contributed by atoms with E-state index < -0.39 is 0 Å². The summed E-state index contributed by atoms with van der Waals surface area (Å²) in [5.41, 5.74) is 4.17. The zero-order valence-corrected chi connectivity index (χ0v) is 20.1. The predicted octanol–water partition coefficient (Wildman–Crippen LogP) is 4.50. The highest BCUT2D eigenvalue weighted by Crippen LogP contribution is 2.44. The quantitative estimate of drug-likeness (QED) is 0.379. The number of amides is 1. The van der Waals surface area contributed by atoms with Crippen LogP contribution in [0.2, 0.25) is 0 Å². The van der Waals surface area contributed by atoms with Gasteiger partial charge < -0.3 is 14.4 Å². The number of anilines is 2. The predicted molar refractivity (Wildman–Crippen MR) is 134 cm³/mol. The summed E-state index contributed by atoms with van der Waals surface area (Å²) in [5.74, 6) is 0.300. The highest BCUT2D eigenvalue weighted by atomic mass is 79.9. The Hall–Kier alpha value is -3.49. The maximum absolute atomic E-state index is 13.7. The lowest BCUT2D eigenvalue weighted by atomic mass is 10.0. The smallest absolute Gasteiger partial charge is 0.228 e. The summed E-state index contributed by atoms with van der Waals surface area (Å²) < 4.78 is 8.67. The molecular weight excluding hydrogens is 498 g/mol. The van der Waals surface area contributed by atoms with E-state index in [0.717, 1.165) is 15.7 Å². The van der Waals surface area contributed by atoms with Crippen molar-refractivity contribution >= 4 is 44.1 Å². The molecule has 0 atom stereocenters. The van der Waals surface area contributed by atoms with Crippen LogP contribution in [0.25, 0.3) is 16.6 Å². The second-order valence-corrected chi connectivity index (χ2v) is 9.06. The van der Waals surface area contributed by atoms with Gasteiger partial charge >= 0.3 is 0 Å². The number of halogens is 1. The number of carbonyl (C=O) groups excluding carboxylic acids is 1. The number of hydrogen-bond donors (Lipinski definition) is 1. The van der Waals surface area contributed by atoms with Crippen LogP contribution < -0.4 is 15.1 Å². The third-order valence-electron chi connectivity index (χ3n) is 5.81. The number of benzene rings is 2. The first kappa shape index (κ1) is 22.3. The number of hydrogen-bond acceptors (Lipinski definition) is 5. The van der Waals surface area contributed by atoms with Crippen LogP contribution in [0.4, 0.5) is 11.4 Å². The molecule has 0 saturated carbocycles. The number of carbonyl (C=O) groups is 1. The van der Waals surface area contributed by atoms with Crippen molar-refractivity contribution in [1.82, 2.24) is 9.55 Å². The van der Waals surface area contributed by atoms with E-state index in [1.807, 2.05) is 41.1 Å². The van der Waals surface area contributed by atoms with E-state index in [1.165, 1.54) is 6.92 Å². The molecule has 0 fully saturated rings. The van der Waals surface area contributed by atoms with E-state index in [-0.39, 0.29) is 17.9 Å². The van der Waals surface area contributed by atoms with Crippen molar-refractivity contribution in [1.29, 1.82) is 0 Å². The van der Waals surface area contributed by atoms with Crippen LogP contribution in [0.1, 0.15) is 24.5 Å². The van der Waals surface area contributed by atoms with Gasteiger partial charge in [0.15, 0.2) is 5.43 Å². The second-order valence-electron chi connectivity index (χ2n) is 8.14. The molecule has 172 valence electrons. The molecule has 5 rings (SSSR count). The molecule has 2 aromatic heterocycles. The first-order chi connectivity index (χ1) is 16.5. The van der Waals surface area contributed by atoms with Gasteiger partial charge in [0, 0.05) is 61.1 Å². The SMILES string of the molecule is CC(=O)N1c2cc(Br)ccc2-n2cc(Cc3cccnc3)c(=O)c3cc(OCCCO)cc1c32. The fourth-order valence-electron chi connectivity index (χ4n) is 4.37. The summed E-state index contributed by atoms with van der Waals surface area (Å²) in [6, 6.07) is 13.0. The summed E-state index contributed by atoms with van der Waals surface area (Å²) in [7, 11) is 0. The molecule has 1 N–H and O–H groups in total. The Kier molecular flexibility index (Phi) is 5.93. The zero-order valence-electron chi connectivity index (χ0n) is 18.5. The number of fused-ring (bicyclic) bond motifs is 2. The Morgan fingerprint density at radius 2 is 2.00 bits per heavy atom. The van der Waals surface area contributed by atoms with Gasteiger partial charge in [0.2, 0.25) is 5.91 Å². The molecule has 4 aromatic rings. The molecule has 1 amide bonds.